The van der Waals surface area contributed by atoms with E-state index in [9.17, 15) is 19.8 Å². The summed E-state index contributed by atoms with van der Waals surface area (Å²) in [6, 6.07) is 14.2. The van der Waals surface area contributed by atoms with E-state index in [0.717, 1.165) is 72.1 Å². The number of aromatic nitrogens is 1. The van der Waals surface area contributed by atoms with Gasteiger partial charge >= 0.3 is 5.97 Å². The summed E-state index contributed by atoms with van der Waals surface area (Å²) in [7, 11) is 0. The number of carbonyl (C=O) groups excluding carboxylic acids is 1. The maximum Gasteiger partial charge on any atom is 0.303 e. The minimum absolute atomic E-state index is 0.0745. The van der Waals surface area contributed by atoms with E-state index >= 15 is 0 Å². The SMILES string of the molecule is CC(C)(CC(=O)O)CC(=O)N(CCCCc1cc(Cl)c(CNC2(c3cnccc3-c3ccccc3OC3CC3)CC2)cc1Cl)CCCC[C@H](O)CO. The van der Waals surface area contributed by atoms with Gasteiger partial charge in [0.25, 0.3) is 0 Å². The lowest BCUT2D eigenvalue weighted by atomic mass is 9.85. The van der Waals surface area contributed by atoms with Crippen LogP contribution in [0.25, 0.3) is 11.1 Å². The summed E-state index contributed by atoms with van der Waals surface area (Å²) < 4.78 is 6.26. The molecule has 0 aliphatic heterocycles. The van der Waals surface area contributed by atoms with Crippen molar-refractivity contribution in [3.8, 4) is 16.9 Å². The van der Waals surface area contributed by atoms with Gasteiger partial charge in [-0.2, -0.15) is 0 Å². The molecule has 2 fully saturated rings. The summed E-state index contributed by atoms with van der Waals surface area (Å²) in [5.74, 6) is -0.0902. The van der Waals surface area contributed by atoms with Crippen molar-refractivity contribution in [2.24, 2.45) is 5.41 Å². The topological polar surface area (TPSA) is 132 Å². The molecule has 3 aromatic rings. The molecule has 9 nitrogen and oxygen atoms in total. The molecule has 5 rings (SSSR count). The molecule has 2 aromatic carbocycles. The highest BCUT2D eigenvalue weighted by Crippen LogP contribution is 2.50. The van der Waals surface area contributed by atoms with Crippen molar-refractivity contribution in [3.05, 3.63) is 81.6 Å². The van der Waals surface area contributed by atoms with Crippen molar-refractivity contribution in [1.29, 1.82) is 0 Å². The fourth-order valence-electron chi connectivity index (χ4n) is 6.80. The third-order valence-electron chi connectivity index (χ3n) is 10.1. The number of unbranched alkanes of at least 4 members (excludes halogenated alkanes) is 2. The molecule has 282 valence electrons. The fraction of sp³-hybridized carbons (Fsp3) is 0.537. The molecule has 1 aromatic heterocycles. The third kappa shape index (κ3) is 11.4. The van der Waals surface area contributed by atoms with E-state index in [1.165, 1.54) is 0 Å². The Morgan fingerprint density at radius 2 is 1.69 bits per heavy atom. The minimum atomic E-state index is -0.926. The lowest BCUT2D eigenvalue weighted by Gasteiger charge is -2.28. The van der Waals surface area contributed by atoms with Crippen molar-refractivity contribution < 1.29 is 29.6 Å². The minimum Gasteiger partial charge on any atom is -0.490 e. The fourth-order valence-corrected chi connectivity index (χ4v) is 7.34. The third-order valence-corrected chi connectivity index (χ3v) is 10.8. The Balaban J connectivity index is 1.17. The van der Waals surface area contributed by atoms with E-state index < -0.39 is 17.5 Å². The number of para-hydroxylation sites is 1. The summed E-state index contributed by atoms with van der Waals surface area (Å²) in [5, 5.41) is 33.2. The van der Waals surface area contributed by atoms with Crippen LogP contribution in [0.5, 0.6) is 5.75 Å². The molecule has 2 aliphatic carbocycles. The number of nitrogens with one attached hydrogen (secondary N) is 1. The highest BCUT2D eigenvalue weighted by Gasteiger charge is 2.46. The van der Waals surface area contributed by atoms with Crippen molar-refractivity contribution in [1.82, 2.24) is 15.2 Å². The number of hydrogen-bond acceptors (Lipinski definition) is 7. The summed E-state index contributed by atoms with van der Waals surface area (Å²) in [5.41, 5.74) is 4.37. The second kappa shape index (κ2) is 18.2. The molecule has 0 spiro atoms. The second-order valence-electron chi connectivity index (χ2n) is 15.3. The number of nitrogens with zero attached hydrogens (tertiary/aromatic N) is 2. The standard InChI is InChI=1S/C41H53Cl2N3O6/c1-40(2,24-39(50)51)23-38(49)46(20-8-6-10-30(48)27-47)19-7-5-9-28-21-36(43)29(22-35(28)42)25-45-41(16-17-41)34-26-44-18-15-32(34)33-11-3-4-12-37(33)52-31-13-14-31/h3-4,11-12,15,18,21-22,26,30-31,45,47-48H,5-10,13-14,16-17,19-20,23-25,27H2,1-2H3,(H,50,51)/t30-/m0/s1. The van der Waals surface area contributed by atoms with Crippen molar-refractivity contribution in [2.75, 3.05) is 19.7 Å². The van der Waals surface area contributed by atoms with E-state index in [-0.39, 0.29) is 30.9 Å². The van der Waals surface area contributed by atoms with Gasteiger partial charge in [0.1, 0.15) is 5.75 Å². The zero-order valence-electron chi connectivity index (χ0n) is 30.4. The quantitative estimate of drug-likeness (QED) is 0.0761. The largest absolute Gasteiger partial charge is 0.490 e. The molecule has 1 atom stereocenters. The molecule has 11 heteroatoms. The first-order valence-electron chi connectivity index (χ1n) is 18.6. The van der Waals surface area contributed by atoms with Crippen LogP contribution in [0.2, 0.25) is 10.0 Å². The van der Waals surface area contributed by atoms with Crippen molar-refractivity contribution in [3.63, 3.8) is 0 Å². The highest BCUT2D eigenvalue weighted by molar-refractivity contribution is 6.34. The number of aliphatic hydroxyl groups excluding tert-OH is 2. The van der Waals surface area contributed by atoms with Gasteiger partial charge in [-0.1, -0.05) is 55.2 Å². The summed E-state index contributed by atoms with van der Waals surface area (Å²) >= 11 is 13.7. The number of hydrogen-bond donors (Lipinski definition) is 4. The lowest BCUT2D eigenvalue weighted by molar-refractivity contribution is -0.140. The van der Waals surface area contributed by atoms with Crippen LogP contribution < -0.4 is 10.1 Å². The number of halogens is 2. The number of benzene rings is 2. The number of carboxylic acids is 1. The second-order valence-corrected chi connectivity index (χ2v) is 16.1. The Bertz CT molecular complexity index is 1680. The van der Waals surface area contributed by atoms with E-state index in [1.54, 1.807) is 18.7 Å². The van der Waals surface area contributed by atoms with Crippen molar-refractivity contribution in [2.45, 2.75) is 115 Å². The lowest BCUT2D eigenvalue weighted by Crippen LogP contribution is -2.36. The van der Waals surface area contributed by atoms with E-state index in [2.05, 4.69) is 22.4 Å². The summed E-state index contributed by atoms with van der Waals surface area (Å²) in [6.45, 7) is 4.91. The van der Waals surface area contributed by atoms with Crippen LogP contribution in [0, 0.1) is 5.41 Å². The average molecular weight is 755 g/mol. The maximum atomic E-state index is 13.3. The van der Waals surface area contributed by atoms with Gasteiger partial charge in [0.2, 0.25) is 5.91 Å². The van der Waals surface area contributed by atoms with Gasteiger partial charge in [0.05, 0.1) is 25.2 Å². The number of carbonyl (C=O) groups is 2. The maximum absolute atomic E-state index is 13.3. The van der Waals surface area contributed by atoms with Gasteiger partial charge < -0.3 is 30.3 Å². The van der Waals surface area contributed by atoms with Crippen LogP contribution in [0.1, 0.15) is 101 Å². The van der Waals surface area contributed by atoms with Gasteiger partial charge in [0.15, 0.2) is 0 Å². The molecule has 0 unspecified atom stereocenters. The average Bonchev–Trinajstić information content (AvgIpc) is 4.05. The predicted octanol–water partition coefficient (Wildman–Crippen LogP) is 7.94. The van der Waals surface area contributed by atoms with Gasteiger partial charge in [-0.05, 0) is 116 Å². The molecule has 0 saturated heterocycles. The van der Waals surface area contributed by atoms with Gasteiger partial charge in [0, 0.05) is 59.6 Å². The van der Waals surface area contributed by atoms with E-state index in [0.29, 0.717) is 61.5 Å². The monoisotopic (exact) mass is 753 g/mol. The first-order valence-corrected chi connectivity index (χ1v) is 19.4. The van der Waals surface area contributed by atoms with Gasteiger partial charge in [-0.3, -0.25) is 14.6 Å². The first-order chi connectivity index (χ1) is 24.9. The molecular weight excluding hydrogens is 701 g/mol. The van der Waals surface area contributed by atoms with Crippen LogP contribution in [-0.4, -0.2) is 69.0 Å². The van der Waals surface area contributed by atoms with Gasteiger partial charge in [-0.15, -0.1) is 0 Å². The Kier molecular flexibility index (Phi) is 14.0. The number of aryl methyl sites for hydroxylation is 1. The van der Waals surface area contributed by atoms with E-state index in [4.69, 9.17) is 33.0 Å². The molecule has 4 N–H and O–H groups in total. The zero-order chi connectivity index (χ0) is 37.3. The van der Waals surface area contributed by atoms with Crippen LogP contribution >= 0.6 is 23.2 Å². The van der Waals surface area contributed by atoms with Crippen LogP contribution in [0.3, 0.4) is 0 Å². The smallest absolute Gasteiger partial charge is 0.303 e. The Morgan fingerprint density at radius 3 is 2.38 bits per heavy atom. The number of amides is 1. The number of carboxylic acid groups (broad SMARTS) is 1. The number of pyridine rings is 1. The molecule has 2 aliphatic rings. The number of rotatable bonds is 22. The Hall–Kier alpha value is -3.21. The zero-order valence-corrected chi connectivity index (χ0v) is 31.9. The van der Waals surface area contributed by atoms with Crippen LogP contribution in [0.4, 0.5) is 0 Å². The Labute approximate surface area is 317 Å². The molecule has 2 saturated carbocycles. The molecule has 0 radical (unpaired) electrons. The van der Waals surface area contributed by atoms with Gasteiger partial charge in [-0.25, -0.2) is 0 Å². The van der Waals surface area contributed by atoms with Crippen LogP contribution in [-0.2, 0) is 28.1 Å². The molecular formula is C41H53Cl2N3O6. The normalized spacial score (nSPS) is 15.7. The van der Waals surface area contributed by atoms with Crippen molar-refractivity contribution >= 4 is 35.1 Å². The van der Waals surface area contributed by atoms with E-state index in [1.807, 2.05) is 42.7 Å². The predicted molar refractivity (Wildman–Crippen MR) is 205 cm³/mol. The molecule has 1 amide bonds. The molecule has 52 heavy (non-hydrogen) atoms. The Morgan fingerprint density at radius 1 is 1.00 bits per heavy atom. The number of aliphatic carboxylic acids is 1. The first kappa shape index (κ1) is 40.0. The molecule has 1 heterocycles. The number of ether oxygens (including phenoxy) is 1. The molecule has 0 bridgehead atoms. The summed E-state index contributed by atoms with van der Waals surface area (Å²) in [6.07, 6.45) is 11.6. The summed E-state index contributed by atoms with van der Waals surface area (Å²) in [4.78, 5) is 30.9. The highest BCUT2D eigenvalue weighted by atomic mass is 35.5. The number of aliphatic hydroxyl groups is 2. The van der Waals surface area contributed by atoms with Crippen LogP contribution in [0.15, 0.2) is 54.9 Å².